The van der Waals surface area contributed by atoms with Crippen LogP contribution in [-0.2, 0) is 9.53 Å². The van der Waals surface area contributed by atoms with Crippen LogP contribution in [0.1, 0.15) is 13.8 Å². The Balaban J connectivity index is 0. The first-order valence-corrected chi connectivity index (χ1v) is 4.17. The number of carbonyl (C=O) groups is 1. The zero-order valence-electron chi connectivity index (χ0n) is 8.88. The SMILES string of the molecule is C=C(C)C(=O)OCCO.C=CC(=C)C. The molecule has 0 fully saturated rings. The van der Waals surface area contributed by atoms with Crippen LogP contribution in [0.15, 0.2) is 37.0 Å². The summed E-state index contributed by atoms with van der Waals surface area (Å²) < 4.78 is 4.46. The minimum atomic E-state index is -0.455. The number of carbonyl (C=O) groups excluding carboxylic acids is 1. The molecule has 3 nitrogen and oxygen atoms in total. The average Bonchev–Trinajstić information content (AvgIpc) is 2.14. The zero-order chi connectivity index (χ0) is 11.6. The largest absolute Gasteiger partial charge is 0.460 e. The molecule has 0 amide bonds. The number of ether oxygens (including phenoxy) is 1. The molecule has 0 bridgehead atoms. The number of aliphatic hydroxyl groups excluding tert-OH is 1. The van der Waals surface area contributed by atoms with E-state index < -0.39 is 5.97 Å². The molecule has 0 heterocycles. The van der Waals surface area contributed by atoms with Gasteiger partial charge in [0.1, 0.15) is 6.61 Å². The molecule has 0 aromatic rings. The molecule has 0 saturated heterocycles. The summed E-state index contributed by atoms with van der Waals surface area (Å²) in [7, 11) is 0. The van der Waals surface area contributed by atoms with Crippen molar-refractivity contribution in [1.29, 1.82) is 0 Å². The van der Waals surface area contributed by atoms with Gasteiger partial charge in [-0.3, -0.25) is 0 Å². The van der Waals surface area contributed by atoms with Crippen LogP contribution in [0.4, 0.5) is 0 Å². The van der Waals surface area contributed by atoms with Gasteiger partial charge >= 0.3 is 5.97 Å². The van der Waals surface area contributed by atoms with Gasteiger partial charge in [0, 0.05) is 5.57 Å². The van der Waals surface area contributed by atoms with Crippen molar-refractivity contribution in [3.63, 3.8) is 0 Å². The van der Waals surface area contributed by atoms with E-state index in [2.05, 4.69) is 24.5 Å². The summed E-state index contributed by atoms with van der Waals surface area (Å²) >= 11 is 0. The van der Waals surface area contributed by atoms with Crippen LogP contribution in [0.2, 0.25) is 0 Å². The van der Waals surface area contributed by atoms with E-state index in [0.717, 1.165) is 5.57 Å². The summed E-state index contributed by atoms with van der Waals surface area (Å²) in [5.41, 5.74) is 1.37. The summed E-state index contributed by atoms with van der Waals surface area (Å²) in [5.74, 6) is -0.455. The fourth-order valence-electron chi connectivity index (χ4n) is 0.262. The lowest BCUT2D eigenvalue weighted by Gasteiger charge is -1.99. The molecule has 0 aromatic carbocycles. The Kier molecular flexibility index (Phi) is 10.5. The predicted molar refractivity (Wildman–Crippen MR) is 57.9 cm³/mol. The smallest absolute Gasteiger partial charge is 0.333 e. The minimum Gasteiger partial charge on any atom is -0.460 e. The minimum absolute atomic E-state index is 0.0473. The van der Waals surface area contributed by atoms with Crippen LogP contribution in [0.5, 0.6) is 0 Å². The highest BCUT2D eigenvalue weighted by atomic mass is 16.5. The second-order valence-corrected chi connectivity index (χ2v) is 2.69. The quantitative estimate of drug-likeness (QED) is 0.426. The average molecular weight is 198 g/mol. The summed E-state index contributed by atoms with van der Waals surface area (Å²) in [6.45, 7) is 13.7. The zero-order valence-corrected chi connectivity index (χ0v) is 8.88. The molecule has 0 saturated carbocycles. The van der Waals surface area contributed by atoms with Crippen molar-refractivity contribution in [3.8, 4) is 0 Å². The Hall–Kier alpha value is -1.35. The third-order valence-electron chi connectivity index (χ3n) is 1.02. The van der Waals surface area contributed by atoms with Gasteiger partial charge in [-0.2, -0.15) is 0 Å². The Morgan fingerprint density at radius 2 is 1.86 bits per heavy atom. The lowest BCUT2D eigenvalue weighted by Crippen LogP contribution is -2.08. The first-order valence-electron chi connectivity index (χ1n) is 4.17. The van der Waals surface area contributed by atoms with Crippen LogP contribution < -0.4 is 0 Å². The van der Waals surface area contributed by atoms with E-state index in [4.69, 9.17) is 5.11 Å². The van der Waals surface area contributed by atoms with Crippen molar-refractivity contribution in [3.05, 3.63) is 37.0 Å². The molecule has 0 spiro atoms. The molecular weight excluding hydrogens is 180 g/mol. The van der Waals surface area contributed by atoms with Gasteiger partial charge in [-0.15, -0.1) is 0 Å². The molecule has 0 aliphatic rings. The second kappa shape index (κ2) is 9.74. The first-order chi connectivity index (χ1) is 6.45. The molecule has 0 radical (unpaired) electrons. The van der Waals surface area contributed by atoms with Crippen LogP contribution >= 0.6 is 0 Å². The number of esters is 1. The van der Waals surface area contributed by atoms with E-state index in [9.17, 15) is 4.79 Å². The van der Waals surface area contributed by atoms with Gasteiger partial charge in [0.25, 0.3) is 0 Å². The molecule has 0 aliphatic carbocycles. The highest BCUT2D eigenvalue weighted by molar-refractivity contribution is 5.86. The van der Waals surface area contributed by atoms with Crippen molar-refractivity contribution in [2.75, 3.05) is 13.2 Å². The number of rotatable bonds is 4. The van der Waals surface area contributed by atoms with Gasteiger partial charge in [-0.25, -0.2) is 4.79 Å². The number of hydrogen-bond acceptors (Lipinski definition) is 3. The van der Waals surface area contributed by atoms with E-state index in [-0.39, 0.29) is 13.2 Å². The maximum absolute atomic E-state index is 10.5. The maximum atomic E-state index is 10.5. The molecule has 80 valence electrons. The topological polar surface area (TPSA) is 46.5 Å². The molecule has 1 N–H and O–H groups in total. The molecule has 0 aliphatic heterocycles. The van der Waals surface area contributed by atoms with E-state index in [1.807, 2.05) is 6.92 Å². The summed E-state index contributed by atoms with van der Waals surface area (Å²) in [5, 5.41) is 8.19. The normalized spacial score (nSPS) is 7.93. The third kappa shape index (κ3) is 13.3. The van der Waals surface area contributed by atoms with Crippen LogP contribution in [0, 0.1) is 0 Å². The Labute approximate surface area is 85.4 Å². The summed E-state index contributed by atoms with van der Waals surface area (Å²) in [6, 6.07) is 0. The van der Waals surface area contributed by atoms with Crippen molar-refractivity contribution < 1.29 is 14.6 Å². The van der Waals surface area contributed by atoms with Crippen LogP contribution in [0.25, 0.3) is 0 Å². The van der Waals surface area contributed by atoms with E-state index in [0.29, 0.717) is 5.57 Å². The van der Waals surface area contributed by atoms with Gasteiger partial charge < -0.3 is 9.84 Å². The Morgan fingerprint density at radius 3 is 2.07 bits per heavy atom. The van der Waals surface area contributed by atoms with E-state index >= 15 is 0 Å². The lowest BCUT2D eigenvalue weighted by molar-refractivity contribution is -0.139. The highest BCUT2D eigenvalue weighted by Gasteiger charge is 1.99. The molecule has 0 atom stereocenters. The van der Waals surface area contributed by atoms with Crippen LogP contribution in [0.3, 0.4) is 0 Å². The second-order valence-electron chi connectivity index (χ2n) is 2.69. The summed E-state index contributed by atoms with van der Waals surface area (Å²) in [4.78, 5) is 10.5. The van der Waals surface area contributed by atoms with Gasteiger partial charge in [-0.1, -0.05) is 31.4 Å². The third-order valence-corrected chi connectivity index (χ3v) is 1.02. The Morgan fingerprint density at radius 1 is 1.43 bits per heavy atom. The van der Waals surface area contributed by atoms with Gasteiger partial charge in [-0.05, 0) is 13.8 Å². The van der Waals surface area contributed by atoms with Crippen molar-refractivity contribution in [2.24, 2.45) is 0 Å². The van der Waals surface area contributed by atoms with Gasteiger partial charge in [0.15, 0.2) is 0 Å². The fraction of sp³-hybridized carbons (Fsp3) is 0.364. The van der Waals surface area contributed by atoms with Crippen molar-refractivity contribution >= 4 is 5.97 Å². The molecular formula is C11H18O3. The monoisotopic (exact) mass is 198 g/mol. The van der Waals surface area contributed by atoms with Gasteiger partial charge in [0.05, 0.1) is 6.61 Å². The molecule has 3 heteroatoms. The summed E-state index contributed by atoms with van der Waals surface area (Å²) in [6.07, 6.45) is 1.72. The Bertz CT molecular complexity index is 217. The van der Waals surface area contributed by atoms with Gasteiger partial charge in [0.2, 0.25) is 0 Å². The lowest BCUT2D eigenvalue weighted by atomic mass is 10.4. The number of allylic oxidation sites excluding steroid dienone is 2. The molecule has 0 unspecified atom stereocenters. The van der Waals surface area contributed by atoms with E-state index in [1.165, 1.54) is 0 Å². The fourth-order valence-corrected chi connectivity index (χ4v) is 0.262. The predicted octanol–water partition coefficient (Wildman–Crippen LogP) is 1.85. The van der Waals surface area contributed by atoms with Crippen molar-refractivity contribution in [2.45, 2.75) is 13.8 Å². The van der Waals surface area contributed by atoms with Crippen LogP contribution in [-0.4, -0.2) is 24.3 Å². The molecule has 14 heavy (non-hydrogen) atoms. The number of aliphatic hydroxyl groups is 1. The maximum Gasteiger partial charge on any atom is 0.333 e. The standard InChI is InChI=1S/C6H10O3.C5H8/c1-5(2)6(8)9-4-3-7;1-4-5(2)3/h7H,1,3-4H2,2H3;4H,1-2H2,3H3. The van der Waals surface area contributed by atoms with E-state index in [1.54, 1.807) is 13.0 Å². The molecule has 0 aromatic heterocycles. The number of hydrogen-bond donors (Lipinski definition) is 1. The van der Waals surface area contributed by atoms with Crippen molar-refractivity contribution in [1.82, 2.24) is 0 Å². The molecule has 0 rings (SSSR count). The first kappa shape index (κ1) is 15.1. The highest BCUT2D eigenvalue weighted by Crippen LogP contribution is 1.89.